The van der Waals surface area contributed by atoms with E-state index in [1.165, 1.54) is 18.4 Å². The van der Waals surface area contributed by atoms with Crippen LogP contribution >= 0.6 is 11.6 Å². The van der Waals surface area contributed by atoms with Crippen LogP contribution in [0.2, 0.25) is 5.02 Å². The summed E-state index contributed by atoms with van der Waals surface area (Å²) < 4.78 is 0. The summed E-state index contributed by atoms with van der Waals surface area (Å²) in [6.45, 7) is 0. The molecule has 2 aromatic carbocycles. The molecule has 0 heterocycles. The fraction of sp³-hybridized carbons (Fsp3) is 0.250. The van der Waals surface area contributed by atoms with E-state index < -0.39 is 6.10 Å². The quantitative estimate of drug-likeness (QED) is 0.870. The fourth-order valence-electron chi connectivity index (χ4n) is 2.24. The van der Waals surface area contributed by atoms with E-state index in [2.05, 4.69) is 12.1 Å². The van der Waals surface area contributed by atoms with E-state index >= 15 is 0 Å². The molecule has 2 aromatic rings. The normalized spacial score (nSPS) is 16.6. The zero-order valence-electron chi connectivity index (χ0n) is 10.0. The molecule has 0 bridgehead atoms. The minimum Gasteiger partial charge on any atom is -0.384 e. The molecule has 1 saturated carbocycles. The van der Waals surface area contributed by atoms with Gasteiger partial charge in [-0.15, -0.1) is 0 Å². The van der Waals surface area contributed by atoms with Crippen molar-refractivity contribution in [3.63, 3.8) is 0 Å². The first kappa shape index (κ1) is 11.8. The van der Waals surface area contributed by atoms with Gasteiger partial charge in [0.05, 0.1) is 0 Å². The van der Waals surface area contributed by atoms with Crippen LogP contribution in [0.5, 0.6) is 0 Å². The molecule has 1 unspecified atom stereocenters. The Morgan fingerprint density at radius 2 is 1.72 bits per heavy atom. The molecule has 18 heavy (non-hydrogen) atoms. The van der Waals surface area contributed by atoms with Gasteiger partial charge in [-0.25, -0.2) is 0 Å². The molecular formula is C16H15ClO. The lowest BCUT2D eigenvalue weighted by Gasteiger charge is -2.12. The van der Waals surface area contributed by atoms with Crippen molar-refractivity contribution >= 4 is 11.6 Å². The Morgan fingerprint density at radius 3 is 2.33 bits per heavy atom. The minimum atomic E-state index is -0.600. The Morgan fingerprint density at radius 1 is 1.00 bits per heavy atom. The molecular weight excluding hydrogens is 244 g/mol. The Hall–Kier alpha value is -1.31. The van der Waals surface area contributed by atoms with Gasteiger partial charge in [0.25, 0.3) is 0 Å². The van der Waals surface area contributed by atoms with E-state index in [0.717, 1.165) is 17.0 Å². The van der Waals surface area contributed by atoms with Crippen molar-refractivity contribution in [3.05, 3.63) is 70.2 Å². The summed E-state index contributed by atoms with van der Waals surface area (Å²) in [7, 11) is 0. The predicted molar refractivity (Wildman–Crippen MR) is 73.9 cm³/mol. The van der Waals surface area contributed by atoms with Gasteiger partial charge >= 0.3 is 0 Å². The Labute approximate surface area is 112 Å². The van der Waals surface area contributed by atoms with Gasteiger partial charge < -0.3 is 5.11 Å². The van der Waals surface area contributed by atoms with Crippen molar-refractivity contribution in [2.24, 2.45) is 0 Å². The highest BCUT2D eigenvalue weighted by Gasteiger charge is 2.23. The van der Waals surface area contributed by atoms with E-state index in [9.17, 15) is 5.11 Å². The van der Waals surface area contributed by atoms with E-state index in [1.54, 1.807) is 6.07 Å². The van der Waals surface area contributed by atoms with E-state index in [4.69, 9.17) is 11.6 Å². The fourth-order valence-corrected chi connectivity index (χ4v) is 2.43. The largest absolute Gasteiger partial charge is 0.384 e. The van der Waals surface area contributed by atoms with Crippen molar-refractivity contribution in [2.45, 2.75) is 24.9 Å². The molecule has 0 saturated heterocycles. The molecule has 1 nitrogen and oxygen atoms in total. The molecule has 3 rings (SSSR count). The lowest BCUT2D eigenvalue weighted by atomic mass is 9.99. The van der Waals surface area contributed by atoms with Crippen LogP contribution < -0.4 is 0 Å². The molecule has 1 aliphatic carbocycles. The summed E-state index contributed by atoms with van der Waals surface area (Å²) >= 11 is 5.94. The summed E-state index contributed by atoms with van der Waals surface area (Å²) in [6, 6.07) is 15.7. The van der Waals surface area contributed by atoms with Crippen LogP contribution in [0.1, 0.15) is 41.6 Å². The average molecular weight is 259 g/mol. The van der Waals surface area contributed by atoms with Gasteiger partial charge in [-0.2, -0.15) is 0 Å². The lowest BCUT2D eigenvalue weighted by molar-refractivity contribution is 0.220. The van der Waals surface area contributed by atoms with Crippen LogP contribution in [0.3, 0.4) is 0 Å². The lowest BCUT2D eigenvalue weighted by Crippen LogP contribution is -1.99. The molecule has 1 atom stereocenters. The molecule has 1 fully saturated rings. The number of halogens is 1. The molecule has 1 N–H and O–H groups in total. The van der Waals surface area contributed by atoms with Gasteiger partial charge in [-0.05, 0) is 47.6 Å². The first-order valence-electron chi connectivity index (χ1n) is 6.27. The topological polar surface area (TPSA) is 20.2 Å². The number of rotatable bonds is 3. The zero-order chi connectivity index (χ0) is 12.5. The van der Waals surface area contributed by atoms with Gasteiger partial charge in [0.1, 0.15) is 6.10 Å². The molecule has 2 heteroatoms. The van der Waals surface area contributed by atoms with Crippen LogP contribution in [0.25, 0.3) is 0 Å². The monoisotopic (exact) mass is 258 g/mol. The molecule has 0 aromatic heterocycles. The SMILES string of the molecule is OC(c1ccc(C2CC2)cc1)c1cccc(Cl)c1. The van der Waals surface area contributed by atoms with Crippen molar-refractivity contribution in [1.82, 2.24) is 0 Å². The molecule has 0 spiro atoms. The summed E-state index contributed by atoms with van der Waals surface area (Å²) in [4.78, 5) is 0. The number of aliphatic hydroxyl groups excluding tert-OH is 1. The summed E-state index contributed by atoms with van der Waals surface area (Å²) in [5.74, 6) is 0.752. The maximum Gasteiger partial charge on any atom is 0.104 e. The second-order valence-electron chi connectivity index (χ2n) is 4.90. The van der Waals surface area contributed by atoms with Crippen molar-refractivity contribution in [3.8, 4) is 0 Å². The van der Waals surface area contributed by atoms with Crippen molar-refractivity contribution < 1.29 is 5.11 Å². The minimum absolute atomic E-state index is 0.600. The summed E-state index contributed by atoms with van der Waals surface area (Å²) in [5.41, 5.74) is 3.14. The maximum absolute atomic E-state index is 10.3. The molecule has 1 aliphatic rings. The van der Waals surface area contributed by atoms with Crippen molar-refractivity contribution in [2.75, 3.05) is 0 Å². The molecule has 92 valence electrons. The first-order chi connectivity index (χ1) is 8.74. The van der Waals surface area contributed by atoms with Gasteiger partial charge in [0.15, 0.2) is 0 Å². The number of hydrogen-bond donors (Lipinski definition) is 1. The smallest absolute Gasteiger partial charge is 0.104 e. The van der Waals surface area contributed by atoms with Crippen LogP contribution in [0.15, 0.2) is 48.5 Å². The number of aliphatic hydroxyl groups is 1. The summed E-state index contributed by atoms with van der Waals surface area (Å²) in [5, 5.41) is 11.0. The highest BCUT2D eigenvalue weighted by molar-refractivity contribution is 6.30. The predicted octanol–water partition coefficient (Wildman–Crippen LogP) is 4.30. The van der Waals surface area contributed by atoms with Gasteiger partial charge in [0, 0.05) is 5.02 Å². The Balaban J connectivity index is 1.84. The second kappa shape index (κ2) is 4.75. The maximum atomic E-state index is 10.3. The van der Waals surface area contributed by atoms with Crippen LogP contribution in [-0.2, 0) is 0 Å². The number of benzene rings is 2. The first-order valence-corrected chi connectivity index (χ1v) is 6.65. The van der Waals surface area contributed by atoms with Crippen LogP contribution in [-0.4, -0.2) is 5.11 Å². The van der Waals surface area contributed by atoms with Crippen LogP contribution in [0.4, 0.5) is 0 Å². The van der Waals surface area contributed by atoms with Crippen LogP contribution in [0, 0.1) is 0 Å². The van der Waals surface area contributed by atoms with E-state index in [1.807, 2.05) is 30.3 Å². The van der Waals surface area contributed by atoms with Gasteiger partial charge in [-0.3, -0.25) is 0 Å². The highest BCUT2D eigenvalue weighted by Crippen LogP contribution is 2.40. The number of hydrogen-bond acceptors (Lipinski definition) is 1. The highest BCUT2D eigenvalue weighted by atomic mass is 35.5. The van der Waals surface area contributed by atoms with Gasteiger partial charge in [-0.1, -0.05) is 48.0 Å². The van der Waals surface area contributed by atoms with Gasteiger partial charge in [0.2, 0.25) is 0 Å². The van der Waals surface area contributed by atoms with Crippen molar-refractivity contribution in [1.29, 1.82) is 0 Å². The summed E-state index contributed by atoms with van der Waals surface area (Å²) in [6.07, 6.45) is 2.00. The molecule has 0 amide bonds. The zero-order valence-corrected chi connectivity index (χ0v) is 10.8. The Kier molecular flexibility index (Phi) is 3.11. The third-order valence-corrected chi connectivity index (χ3v) is 3.70. The third-order valence-electron chi connectivity index (χ3n) is 3.47. The molecule has 0 radical (unpaired) electrons. The third kappa shape index (κ3) is 2.43. The average Bonchev–Trinajstić information content (AvgIpc) is 3.22. The molecule has 0 aliphatic heterocycles. The second-order valence-corrected chi connectivity index (χ2v) is 5.33. The Bertz CT molecular complexity index is 543. The standard InChI is InChI=1S/C16H15ClO/c17-15-3-1-2-14(10-15)16(18)13-8-6-12(7-9-13)11-4-5-11/h1-3,6-11,16,18H,4-5H2. The van der Waals surface area contributed by atoms with E-state index in [0.29, 0.717) is 5.02 Å². The van der Waals surface area contributed by atoms with E-state index in [-0.39, 0.29) is 0 Å².